The number of carbonyl (C=O) groups is 1. The van der Waals surface area contributed by atoms with Gasteiger partial charge in [0.05, 0.1) is 22.7 Å². The SMILES string of the molecule is COC(=O)c1ccnc(-c2cc(Cl)cc(Cl)c2Cl)c1F. The van der Waals surface area contributed by atoms with E-state index >= 15 is 0 Å². The van der Waals surface area contributed by atoms with Gasteiger partial charge in [0.2, 0.25) is 0 Å². The third kappa shape index (κ3) is 2.73. The van der Waals surface area contributed by atoms with Gasteiger partial charge in [0.15, 0.2) is 5.82 Å². The highest BCUT2D eigenvalue weighted by Gasteiger charge is 2.20. The summed E-state index contributed by atoms with van der Waals surface area (Å²) in [5.41, 5.74) is -0.167. The summed E-state index contributed by atoms with van der Waals surface area (Å²) in [6.45, 7) is 0. The molecule has 7 heteroatoms. The Morgan fingerprint density at radius 2 is 2.00 bits per heavy atom. The molecule has 0 aliphatic rings. The first kappa shape index (κ1) is 15.0. The molecular formula is C13H7Cl3FNO2. The predicted molar refractivity (Wildman–Crippen MR) is 76.0 cm³/mol. The summed E-state index contributed by atoms with van der Waals surface area (Å²) in [7, 11) is 1.16. The van der Waals surface area contributed by atoms with Gasteiger partial charge in [-0.2, -0.15) is 0 Å². The molecule has 20 heavy (non-hydrogen) atoms. The summed E-state index contributed by atoms with van der Waals surface area (Å²) < 4.78 is 18.8. The van der Waals surface area contributed by atoms with Crippen molar-refractivity contribution in [2.24, 2.45) is 0 Å². The number of rotatable bonds is 2. The lowest BCUT2D eigenvalue weighted by molar-refractivity contribution is 0.0595. The Bertz CT molecular complexity index is 692. The van der Waals surface area contributed by atoms with Crippen LogP contribution in [-0.2, 0) is 4.74 Å². The molecule has 2 aromatic rings. The van der Waals surface area contributed by atoms with Crippen molar-refractivity contribution in [3.63, 3.8) is 0 Å². The van der Waals surface area contributed by atoms with Gasteiger partial charge in [-0.25, -0.2) is 9.18 Å². The Labute approximate surface area is 129 Å². The van der Waals surface area contributed by atoms with E-state index in [2.05, 4.69) is 9.72 Å². The summed E-state index contributed by atoms with van der Waals surface area (Å²) >= 11 is 17.8. The molecule has 0 radical (unpaired) electrons. The molecule has 0 saturated carbocycles. The molecule has 0 atom stereocenters. The Hall–Kier alpha value is -1.36. The van der Waals surface area contributed by atoms with Gasteiger partial charge in [0, 0.05) is 16.8 Å². The molecular weight excluding hydrogens is 328 g/mol. The van der Waals surface area contributed by atoms with Crippen molar-refractivity contribution in [1.29, 1.82) is 0 Å². The topological polar surface area (TPSA) is 39.2 Å². The number of halogens is 4. The Morgan fingerprint density at radius 1 is 1.30 bits per heavy atom. The number of esters is 1. The third-order valence-corrected chi connectivity index (χ3v) is 3.56. The van der Waals surface area contributed by atoms with Crippen LogP contribution in [0.5, 0.6) is 0 Å². The summed E-state index contributed by atoms with van der Waals surface area (Å²) in [5, 5.41) is 0.544. The smallest absolute Gasteiger partial charge is 0.340 e. The van der Waals surface area contributed by atoms with E-state index in [1.165, 1.54) is 24.4 Å². The Kier molecular flexibility index (Phi) is 4.48. The Balaban J connectivity index is 2.68. The molecule has 0 saturated heterocycles. The van der Waals surface area contributed by atoms with Crippen LogP contribution in [0, 0.1) is 5.82 Å². The number of hydrogen-bond donors (Lipinski definition) is 0. The molecule has 0 unspecified atom stereocenters. The van der Waals surface area contributed by atoms with Gasteiger partial charge in [0.25, 0.3) is 0 Å². The normalized spacial score (nSPS) is 10.4. The fourth-order valence-electron chi connectivity index (χ4n) is 1.63. The number of benzene rings is 1. The average Bonchev–Trinajstić information content (AvgIpc) is 2.42. The maximum Gasteiger partial charge on any atom is 0.340 e. The van der Waals surface area contributed by atoms with Gasteiger partial charge >= 0.3 is 5.97 Å². The van der Waals surface area contributed by atoms with Crippen LogP contribution in [0.15, 0.2) is 24.4 Å². The maximum atomic E-state index is 14.3. The van der Waals surface area contributed by atoms with Crippen LogP contribution in [0.25, 0.3) is 11.3 Å². The van der Waals surface area contributed by atoms with E-state index in [4.69, 9.17) is 34.8 Å². The lowest BCUT2D eigenvalue weighted by Gasteiger charge is -2.09. The number of pyridine rings is 1. The zero-order chi connectivity index (χ0) is 14.9. The molecule has 104 valence electrons. The van der Waals surface area contributed by atoms with Gasteiger partial charge in [-0.3, -0.25) is 4.98 Å². The summed E-state index contributed by atoms with van der Waals surface area (Å²) in [6, 6.07) is 4.06. The number of nitrogens with zero attached hydrogens (tertiary/aromatic N) is 1. The third-order valence-electron chi connectivity index (χ3n) is 2.54. The van der Waals surface area contributed by atoms with Gasteiger partial charge in [-0.1, -0.05) is 34.8 Å². The molecule has 0 fully saturated rings. The summed E-state index contributed by atoms with van der Waals surface area (Å²) in [4.78, 5) is 15.3. The van der Waals surface area contributed by atoms with Gasteiger partial charge in [-0.15, -0.1) is 0 Å². The molecule has 0 spiro atoms. The first-order valence-electron chi connectivity index (χ1n) is 5.33. The molecule has 0 aliphatic carbocycles. The molecule has 0 bridgehead atoms. The number of methoxy groups -OCH3 is 1. The highest BCUT2D eigenvalue weighted by atomic mass is 35.5. The molecule has 1 aromatic heterocycles. The van der Waals surface area contributed by atoms with E-state index in [0.717, 1.165) is 7.11 Å². The zero-order valence-corrected chi connectivity index (χ0v) is 12.4. The first-order valence-corrected chi connectivity index (χ1v) is 6.46. The van der Waals surface area contributed by atoms with Crippen LogP contribution in [-0.4, -0.2) is 18.1 Å². The van der Waals surface area contributed by atoms with Gasteiger partial charge < -0.3 is 4.74 Å². The minimum atomic E-state index is -0.848. The quantitative estimate of drug-likeness (QED) is 0.593. The largest absolute Gasteiger partial charge is 0.465 e. The van der Waals surface area contributed by atoms with E-state index in [9.17, 15) is 9.18 Å². The second-order valence-electron chi connectivity index (χ2n) is 3.76. The van der Waals surface area contributed by atoms with Crippen LogP contribution in [0.1, 0.15) is 10.4 Å². The summed E-state index contributed by atoms with van der Waals surface area (Å²) in [6.07, 6.45) is 1.27. The second kappa shape index (κ2) is 5.95. The molecule has 1 heterocycles. The van der Waals surface area contributed by atoms with Crippen LogP contribution < -0.4 is 0 Å². The van der Waals surface area contributed by atoms with E-state index in [1.54, 1.807) is 0 Å². The number of ether oxygens (including phenoxy) is 1. The summed E-state index contributed by atoms with van der Waals surface area (Å²) in [5.74, 6) is -1.66. The van der Waals surface area contributed by atoms with Crippen molar-refractivity contribution >= 4 is 40.8 Å². The van der Waals surface area contributed by atoms with Gasteiger partial charge in [-0.05, 0) is 18.2 Å². The van der Waals surface area contributed by atoms with E-state index in [1.807, 2.05) is 0 Å². The molecule has 0 aliphatic heterocycles. The van der Waals surface area contributed by atoms with Crippen molar-refractivity contribution in [2.45, 2.75) is 0 Å². The number of aromatic nitrogens is 1. The lowest BCUT2D eigenvalue weighted by Crippen LogP contribution is -2.06. The second-order valence-corrected chi connectivity index (χ2v) is 4.98. The number of carbonyl (C=O) groups excluding carboxylic acids is 1. The standard InChI is InChI=1S/C13H7Cl3FNO2/c1-20-13(19)7-2-3-18-12(11(7)17)8-4-6(14)5-9(15)10(8)16/h2-5H,1H3. The van der Waals surface area contributed by atoms with Crippen molar-refractivity contribution < 1.29 is 13.9 Å². The fraction of sp³-hybridized carbons (Fsp3) is 0.0769. The number of hydrogen-bond acceptors (Lipinski definition) is 3. The average molecular weight is 335 g/mol. The molecule has 3 nitrogen and oxygen atoms in total. The van der Waals surface area contributed by atoms with Crippen LogP contribution in [0.4, 0.5) is 4.39 Å². The highest BCUT2D eigenvalue weighted by Crippen LogP contribution is 2.37. The zero-order valence-electron chi connectivity index (χ0n) is 10.1. The monoisotopic (exact) mass is 333 g/mol. The van der Waals surface area contributed by atoms with Gasteiger partial charge in [0.1, 0.15) is 5.69 Å². The van der Waals surface area contributed by atoms with Crippen LogP contribution >= 0.6 is 34.8 Å². The maximum absolute atomic E-state index is 14.3. The Morgan fingerprint density at radius 3 is 2.65 bits per heavy atom. The lowest BCUT2D eigenvalue weighted by atomic mass is 10.1. The minimum absolute atomic E-state index is 0.101. The minimum Gasteiger partial charge on any atom is -0.465 e. The van der Waals surface area contributed by atoms with Crippen molar-refractivity contribution in [3.8, 4) is 11.3 Å². The van der Waals surface area contributed by atoms with Crippen molar-refractivity contribution in [3.05, 3.63) is 50.8 Å². The molecule has 0 amide bonds. The fourth-order valence-corrected chi connectivity index (χ4v) is 2.32. The van der Waals surface area contributed by atoms with E-state index < -0.39 is 11.8 Å². The molecule has 0 N–H and O–H groups in total. The molecule has 2 rings (SSSR count). The molecule has 1 aromatic carbocycles. The van der Waals surface area contributed by atoms with Crippen molar-refractivity contribution in [2.75, 3.05) is 7.11 Å². The predicted octanol–water partition coefficient (Wildman–Crippen LogP) is 4.63. The van der Waals surface area contributed by atoms with Crippen LogP contribution in [0.2, 0.25) is 15.1 Å². The van der Waals surface area contributed by atoms with Crippen LogP contribution in [0.3, 0.4) is 0 Å². The highest BCUT2D eigenvalue weighted by molar-refractivity contribution is 6.45. The van der Waals surface area contributed by atoms with Crippen molar-refractivity contribution in [1.82, 2.24) is 4.98 Å². The van der Waals surface area contributed by atoms with E-state index in [0.29, 0.717) is 0 Å². The first-order chi connectivity index (χ1) is 9.45. The van der Waals surface area contributed by atoms with E-state index in [-0.39, 0.29) is 31.9 Å².